The van der Waals surface area contributed by atoms with Crippen molar-refractivity contribution in [3.05, 3.63) is 46.9 Å². The summed E-state index contributed by atoms with van der Waals surface area (Å²) in [5.74, 6) is 0.741. The van der Waals surface area contributed by atoms with E-state index in [1.54, 1.807) is 24.5 Å². The fraction of sp³-hybridized carbons (Fsp3) is 0.412. The molecule has 1 N–H and O–H groups in total. The van der Waals surface area contributed by atoms with E-state index in [2.05, 4.69) is 32.3 Å². The van der Waals surface area contributed by atoms with Crippen LogP contribution in [0.5, 0.6) is 0 Å². The van der Waals surface area contributed by atoms with Crippen molar-refractivity contribution in [1.82, 2.24) is 20.5 Å². The summed E-state index contributed by atoms with van der Waals surface area (Å²) in [6.07, 6.45) is 3.21. The fourth-order valence-corrected chi connectivity index (χ4v) is 2.87. The monoisotopic (exact) mass is 311 g/mol. The second-order valence-corrected chi connectivity index (χ2v) is 5.99. The van der Waals surface area contributed by atoms with Crippen molar-refractivity contribution in [2.24, 2.45) is 0 Å². The van der Waals surface area contributed by atoms with Crippen molar-refractivity contribution in [3.8, 4) is 0 Å². The number of rotatable bonds is 3. The average Bonchev–Trinajstić information content (AvgIpc) is 2.57. The van der Waals surface area contributed by atoms with Gasteiger partial charge in [-0.1, -0.05) is 0 Å². The maximum Gasteiger partial charge on any atom is 0.215 e. The van der Waals surface area contributed by atoms with Gasteiger partial charge in [-0.3, -0.25) is 9.78 Å². The molecule has 0 bridgehead atoms. The van der Waals surface area contributed by atoms with Crippen LogP contribution in [0.1, 0.15) is 34.1 Å². The highest BCUT2D eigenvalue weighted by atomic mass is 16.1. The second kappa shape index (κ2) is 6.42. The molecule has 1 aliphatic heterocycles. The van der Waals surface area contributed by atoms with Crippen molar-refractivity contribution < 1.29 is 4.79 Å². The predicted octanol–water partition coefficient (Wildman–Crippen LogP) is 1.52. The minimum atomic E-state index is -0.133. The third kappa shape index (κ3) is 3.07. The number of ketones is 1. The number of pyridine rings is 1. The van der Waals surface area contributed by atoms with Crippen LogP contribution in [0.3, 0.4) is 0 Å². The number of nitrogens with one attached hydrogen (secondary N) is 1. The molecule has 1 fully saturated rings. The molecule has 2 aromatic rings. The lowest BCUT2D eigenvalue weighted by Gasteiger charge is -2.33. The Morgan fingerprint density at radius 3 is 2.83 bits per heavy atom. The average molecular weight is 311 g/mol. The standard InChI is InChI=1S/C17H21N5O/c1-11-10-22(8-7-19-11)17-13(3)12(2)15(20-21-17)16(23)14-5-4-6-18-9-14/h4-6,9,11,19H,7-8,10H2,1-3H3. The molecule has 2 aromatic heterocycles. The molecular formula is C17H21N5O. The van der Waals surface area contributed by atoms with Crippen molar-refractivity contribution >= 4 is 11.6 Å². The number of piperazine rings is 1. The molecule has 1 aliphatic rings. The second-order valence-electron chi connectivity index (χ2n) is 5.99. The van der Waals surface area contributed by atoms with Crippen molar-refractivity contribution in [1.29, 1.82) is 0 Å². The fourth-order valence-electron chi connectivity index (χ4n) is 2.87. The van der Waals surface area contributed by atoms with Gasteiger partial charge < -0.3 is 10.2 Å². The van der Waals surface area contributed by atoms with E-state index in [4.69, 9.17) is 0 Å². The van der Waals surface area contributed by atoms with E-state index in [0.717, 1.165) is 36.6 Å². The van der Waals surface area contributed by atoms with Gasteiger partial charge in [0.2, 0.25) is 5.78 Å². The van der Waals surface area contributed by atoms with E-state index in [1.807, 2.05) is 13.8 Å². The third-order valence-electron chi connectivity index (χ3n) is 4.30. The Morgan fingerprint density at radius 2 is 2.13 bits per heavy atom. The van der Waals surface area contributed by atoms with Crippen LogP contribution < -0.4 is 10.2 Å². The Hall–Kier alpha value is -2.34. The quantitative estimate of drug-likeness (QED) is 0.867. The van der Waals surface area contributed by atoms with Gasteiger partial charge in [-0.2, -0.15) is 0 Å². The third-order valence-corrected chi connectivity index (χ3v) is 4.30. The predicted molar refractivity (Wildman–Crippen MR) is 88.9 cm³/mol. The zero-order valence-corrected chi connectivity index (χ0v) is 13.7. The highest BCUT2D eigenvalue weighted by Crippen LogP contribution is 2.23. The van der Waals surface area contributed by atoms with Gasteiger partial charge in [0.05, 0.1) is 0 Å². The molecule has 6 nitrogen and oxygen atoms in total. The number of aromatic nitrogens is 3. The maximum absolute atomic E-state index is 12.6. The Balaban J connectivity index is 1.93. The van der Waals surface area contributed by atoms with Gasteiger partial charge in [0.1, 0.15) is 5.69 Å². The molecule has 23 heavy (non-hydrogen) atoms. The van der Waals surface area contributed by atoms with Gasteiger partial charge in [0.15, 0.2) is 5.82 Å². The zero-order chi connectivity index (χ0) is 16.4. The lowest BCUT2D eigenvalue weighted by Crippen LogP contribution is -2.49. The van der Waals surface area contributed by atoms with Crippen LogP contribution in [0, 0.1) is 13.8 Å². The van der Waals surface area contributed by atoms with Gasteiger partial charge in [-0.15, -0.1) is 10.2 Å². The van der Waals surface area contributed by atoms with E-state index in [-0.39, 0.29) is 5.78 Å². The van der Waals surface area contributed by atoms with Gasteiger partial charge in [0.25, 0.3) is 0 Å². The smallest absolute Gasteiger partial charge is 0.215 e. The lowest BCUT2D eigenvalue weighted by molar-refractivity contribution is 0.103. The van der Waals surface area contributed by atoms with E-state index in [0.29, 0.717) is 17.3 Å². The molecule has 0 amide bonds. The first kappa shape index (κ1) is 15.6. The minimum absolute atomic E-state index is 0.133. The molecule has 3 rings (SSSR count). The van der Waals surface area contributed by atoms with Gasteiger partial charge in [0, 0.05) is 43.6 Å². The Morgan fingerprint density at radius 1 is 1.30 bits per heavy atom. The van der Waals surface area contributed by atoms with Crippen LogP contribution in [0.2, 0.25) is 0 Å². The Bertz CT molecular complexity index is 716. The molecule has 6 heteroatoms. The summed E-state index contributed by atoms with van der Waals surface area (Å²) in [7, 11) is 0. The molecule has 0 radical (unpaired) electrons. The van der Waals surface area contributed by atoms with Crippen LogP contribution in [0.15, 0.2) is 24.5 Å². The largest absolute Gasteiger partial charge is 0.352 e. The van der Waals surface area contributed by atoms with Crippen molar-refractivity contribution in [2.45, 2.75) is 26.8 Å². The van der Waals surface area contributed by atoms with Gasteiger partial charge in [-0.05, 0) is 44.0 Å². The molecule has 1 unspecified atom stereocenters. The number of hydrogen-bond donors (Lipinski definition) is 1. The summed E-state index contributed by atoms with van der Waals surface area (Å²) >= 11 is 0. The van der Waals surface area contributed by atoms with E-state index >= 15 is 0 Å². The van der Waals surface area contributed by atoms with Crippen molar-refractivity contribution in [2.75, 3.05) is 24.5 Å². The van der Waals surface area contributed by atoms with E-state index < -0.39 is 0 Å². The Labute approximate surface area is 136 Å². The topological polar surface area (TPSA) is 71.0 Å². The number of anilines is 1. The normalized spacial score (nSPS) is 18.0. The Kier molecular flexibility index (Phi) is 4.34. The summed E-state index contributed by atoms with van der Waals surface area (Å²) in [6.45, 7) is 8.81. The summed E-state index contributed by atoms with van der Waals surface area (Å²) in [5.41, 5.74) is 2.84. The summed E-state index contributed by atoms with van der Waals surface area (Å²) in [4.78, 5) is 18.8. The highest BCUT2D eigenvalue weighted by Gasteiger charge is 2.23. The number of carbonyl (C=O) groups is 1. The first-order chi connectivity index (χ1) is 11.1. The number of hydrogen-bond acceptors (Lipinski definition) is 6. The van der Waals surface area contributed by atoms with Gasteiger partial charge in [-0.25, -0.2) is 0 Å². The highest BCUT2D eigenvalue weighted by molar-refractivity contribution is 6.08. The maximum atomic E-state index is 12.6. The summed E-state index contributed by atoms with van der Waals surface area (Å²) in [5, 5.41) is 12.0. The van der Waals surface area contributed by atoms with Crippen LogP contribution in [0.25, 0.3) is 0 Å². The molecule has 0 spiro atoms. The number of carbonyl (C=O) groups excluding carboxylic acids is 1. The molecule has 0 aromatic carbocycles. The minimum Gasteiger partial charge on any atom is -0.352 e. The van der Waals surface area contributed by atoms with Crippen LogP contribution >= 0.6 is 0 Å². The lowest BCUT2D eigenvalue weighted by atomic mass is 10.0. The van der Waals surface area contributed by atoms with Crippen LogP contribution in [-0.2, 0) is 0 Å². The van der Waals surface area contributed by atoms with Crippen LogP contribution in [-0.4, -0.2) is 46.6 Å². The molecule has 0 saturated carbocycles. The summed E-state index contributed by atoms with van der Waals surface area (Å²) in [6, 6.07) is 3.92. The molecular weight excluding hydrogens is 290 g/mol. The zero-order valence-electron chi connectivity index (χ0n) is 13.7. The van der Waals surface area contributed by atoms with E-state index in [9.17, 15) is 4.79 Å². The van der Waals surface area contributed by atoms with Crippen molar-refractivity contribution in [3.63, 3.8) is 0 Å². The summed E-state index contributed by atoms with van der Waals surface area (Å²) < 4.78 is 0. The van der Waals surface area contributed by atoms with Gasteiger partial charge >= 0.3 is 0 Å². The first-order valence-corrected chi connectivity index (χ1v) is 7.85. The molecule has 1 atom stereocenters. The molecule has 1 saturated heterocycles. The van der Waals surface area contributed by atoms with Crippen LogP contribution in [0.4, 0.5) is 5.82 Å². The first-order valence-electron chi connectivity index (χ1n) is 7.85. The molecule has 120 valence electrons. The van der Waals surface area contributed by atoms with E-state index in [1.165, 1.54) is 0 Å². The molecule has 0 aliphatic carbocycles. The number of nitrogens with zero attached hydrogens (tertiary/aromatic N) is 4. The molecule has 3 heterocycles. The SMILES string of the molecule is Cc1c(C(=O)c2cccnc2)nnc(N2CCNC(C)C2)c1C.